The normalized spacial score (nSPS) is 11.8. The van der Waals surface area contributed by atoms with Gasteiger partial charge in [0, 0.05) is 4.88 Å². The molecule has 7 heteroatoms. The summed E-state index contributed by atoms with van der Waals surface area (Å²) in [5.74, 6) is 0.0412. The van der Waals surface area contributed by atoms with Gasteiger partial charge >= 0.3 is 0 Å². The Balaban J connectivity index is 1.87. The maximum Gasteiger partial charge on any atom is 0.279 e. The van der Waals surface area contributed by atoms with Gasteiger partial charge < -0.3 is 0 Å². The van der Waals surface area contributed by atoms with E-state index in [9.17, 15) is 14.0 Å². The van der Waals surface area contributed by atoms with Gasteiger partial charge in [-0.1, -0.05) is 25.5 Å². The fourth-order valence-corrected chi connectivity index (χ4v) is 3.92. The van der Waals surface area contributed by atoms with E-state index in [0.717, 1.165) is 29.0 Å². The van der Waals surface area contributed by atoms with Gasteiger partial charge in [0.1, 0.15) is 5.82 Å². The van der Waals surface area contributed by atoms with Crippen molar-refractivity contribution >= 4 is 34.9 Å². The molecule has 0 spiro atoms. The topological polar surface area (TPSA) is 58.2 Å². The lowest BCUT2D eigenvalue weighted by molar-refractivity contribution is -0.121. The van der Waals surface area contributed by atoms with E-state index >= 15 is 0 Å². The lowest BCUT2D eigenvalue weighted by Gasteiger charge is -2.12. The number of benzene rings is 1. The van der Waals surface area contributed by atoms with Crippen LogP contribution in [0.3, 0.4) is 0 Å². The Labute approximate surface area is 155 Å². The van der Waals surface area contributed by atoms with Gasteiger partial charge in [0.15, 0.2) is 0 Å². The number of carbonyl (C=O) groups is 2. The van der Waals surface area contributed by atoms with Gasteiger partial charge in [-0.15, -0.1) is 23.1 Å². The predicted octanol–water partition coefficient (Wildman–Crippen LogP) is 4.24. The molecule has 0 saturated heterocycles. The molecule has 4 nitrogen and oxygen atoms in total. The van der Waals surface area contributed by atoms with Gasteiger partial charge in [0.25, 0.3) is 11.8 Å². The van der Waals surface area contributed by atoms with E-state index in [1.165, 1.54) is 23.5 Å². The minimum atomic E-state index is -0.363. The van der Waals surface area contributed by atoms with Crippen LogP contribution in [0.4, 0.5) is 4.39 Å². The Morgan fingerprint density at radius 3 is 2.56 bits per heavy atom. The summed E-state index contributed by atoms with van der Waals surface area (Å²) in [7, 11) is 0. The molecule has 2 N–H and O–H groups in total. The third-order valence-corrected chi connectivity index (χ3v) is 5.86. The van der Waals surface area contributed by atoms with E-state index in [2.05, 4.69) is 17.8 Å². The summed E-state index contributed by atoms with van der Waals surface area (Å²) < 4.78 is 13.0. The van der Waals surface area contributed by atoms with Crippen LogP contribution in [0.1, 0.15) is 36.4 Å². The highest BCUT2D eigenvalue weighted by Crippen LogP contribution is 2.28. The third-order valence-electron chi connectivity index (χ3n) is 3.49. The van der Waals surface area contributed by atoms with Crippen molar-refractivity contribution in [3.05, 3.63) is 47.1 Å². The van der Waals surface area contributed by atoms with Crippen molar-refractivity contribution in [2.24, 2.45) is 0 Å². The van der Waals surface area contributed by atoms with E-state index in [4.69, 9.17) is 0 Å². The molecule has 2 rings (SSSR count). The van der Waals surface area contributed by atoms with Gasteiger partial charge in [0.2, 0.25) is 0 Å². The second-order valence-electron chi connectivity index (χ2n) is 5.48. The monoisotopic (exact) mass is 380 g/mol. The van der Waals surface area contributed by atoms with Crippen LogP contribution in [0.15, 0.2) is 36.4 Å². The van der Waals surface area contributed by atoms with Crippen LogP contribution in [-0.4, -0.2) is 22.8 Å². The summed E-state index contributed by atoms with van der Waals surface area (Å²) in [5, 5.41) is -0.218. The average Bonchev–Trinajstić information content (AvgIpc) is 3.10. The molecule has 2 amide bonds. The van der Waals surface area contributed by atoms with Crippen LogP contribution in [0, 0.1) is 5.82 Å². The number of hydrogen-bond donors (Lipinski definition) is 2. The number of amides is 2. The first-order valence-electron chi connectivity index (χ1n) is 8.09. The third kappa shape index (κ3) is 5.86. The maximum absolute atomic E-state index is 13.0. The molecule has 1 unspecified atom stereocenters. The van der Waals surface area contributed by atoms with Gasteiger partial charge in [-0.05, 0) is 48.9 Å². The zero-order valence-electron chi connectivity index (χ0n) is 14.2. The predicted molar refractivity (Wildman–Crippen MR) is 102 cm³/mol. The Morgan fingerprint density at radius 1 is 1.16 bits per heavy atom. The van der Waals surface area contributed by atoms with Crippen molar-refractivity contribution in [2.45, 2.75) is 31.9 Å². The second-order valence-corrected chi connectivity index (χ2v) is 8.01. The highest BCUT2D eigenvalue weighted by Gasteiger charge is 2.15. The SMILES string of the molecule is CCCCSC(C)C(=O)NNC(=O)c1ccc(-c2ccc(F)cc2)s1. The van der Waals surface area contributed by atoms with Crippen molar-refractivity contribution < 1.29 is 14.0 Å². The highest BCUT2D eigenvalue weighted by molar-refractivity contribution is 8.00. The van der Waals surface area contributed by atoms with Gasteiger partial charge in [0.05, 0.1) is 10.1 Å². The number of halogens is 1. The molecule has 1 aromatic heterocycles. The molecule has 0 aliphatic carbocycles. The molecular formula is C18H21FN2O2S2. The highest BCUT2D eigenvalue weighted by atomic mass is 32.2. The van der Waals surface area contributed by atoms with Crippen molar-refractivity contribution in [1.82, 2.24) is 10.9 Å². The summed E-state index contributed by atoms with van der Waals surface area (Å²) in [6, 6.07) is 9.58. The molecule has 2 aromatic rings. The smallest absolute Gasteiger partial charge is 0.272 e. The molecule has 0 saturated carbocycles. The number of unbranched alkanes of at least 4 members (excludes halogenated alkanes) is 1. The minimum absolute atomic E-state index is 0.218. The summed E-state index contributed by atoms with van der Waals surface area (Å²) in [5.41, 5.74) is 5.75. The Kier molecular flexibility index (Phi) is 7.46. The Bertz CT molecular complexity index is 716. The number of hydrazine groups is 1. The number of thioether (sulfide) groups is 1. The van der Waals surface area contributed by atoms with Crippen LogP contribution in [-0.2, 0) is 4.79 Å². The summed E-state index contributed by atoms with van der Waals surface area (Å²) in [6.45, 7) is 3.92. The quantitative estimate of drug-likeness (QED) is 0.558. The summed E-state index contributed by atoms with van der Waals surface area (Å²) >= 11 is 2.85. The summed E-state index contributed by atoms with van der Waals surface area (Å²) in [4.78, 5) is 25.4. The van der Waals surface area contributed by atoms with E-state index in [-0.39, 0.29) is 22.9 Å². The molecule has 1 aromatic carbocycles. The Morgan fingerprint density at radius 2 is 1.88 bits per heavy atom. The van der Waals surface area contributed by atoms with Crippen molar-refractivity contribution in [2.75, 3.05) is 5.75 Å². The molecule has 0 aliphatic rings. The fraction of sp³-hybridized carbons (Fsp3) is 0.333. The molecular weight excluding hydrogens is 359 g/mol. The van der Waals surface area contributed by atoms with Crippen LogP contribution >= 0.6 is 23.1 Å². The summed E-state index contributed by atoms with van der Waals surface area (Å²) in [6.07, 6.45) is 2.16. The standard InChI is InChI=1S/C18H21FN2O2S2/c1-3-4-11-24-12(2)17(22)20-21-18(23)16-10-9-15(25-16)13-5-7-14(19)8-6-13/h5-10,12H,3-4,11H2,1-2H3,(H,20,22)(H,21,23). The van der Waals surface area contributed by atoms with E-state index in [1.54, 1.807) is 36.0 Å². The largest absolute Gasteiger partial charge is 0.279 e. The molecule has 25 heavy (non-hydrogen) atoms. The van der Waals surface area contributed by atoms with Crippen LogP contribution < -0.4 is 10.9 Å². The van der Waals surface area contributed by atoms with Crippen LogP contribution in [0.25, 0.3) is 10.4 Å². The van der Waals surface area contributed by atoms with E-state index in [0.29, 0.717) is 4.88 Å². The van der Waals surface area contributed by atoms with Crippen molar-refractivity contribution in [3.63, 3.8) is 0 Å². The molecule has 0 fully saturated rings. The zero-order chi connectivity index (χ0) is 18.2. The number of rotatable bonds is 7. The molecule has 0 bridgehead atoms. The first kappa shape index (κ1) is 19.5. The number of thiophene rings is 1. The first-order valence-corrected chi connectivity index (χ1v) is 9.95. The number of hydrogen-bond acceptors (Lipinski definition) is 4. The number of nitrogens with one attached hydrogen (secondary N) is 2. The zero-order valence-corrected chi connectivity index (χ0v) is 15.8. The van der Waals surface area contributed by atoms with E-state index < -0.39 is 0 Å². The van der Waals surface area contributed by atoms with Crippen molar-refractivity contribution in [1.29, 1.82) is 0 Å². The van der Waals surface area contributed by atoms with E-state index in [1.807, 2.05) is 6.92 Å². The minimum Gasteiger partial charge on any atom is -0.272 e. The lowest BCUT2D eigenvalue weighted by atomic mass is 10.2. The molecule has 1 atom stereocenters. The molecule has 1 heterocycles. The van der Waals surface area contributed by atoms with Gasteiger partial charge in [-0.25, -0.2) is 4.39 Å². The van der Waals surface area contributed by atoms with Crippen LogP contribution in [0.2, 0.25) is 0 Å². The maximum atomic E-state index is 13.0. The molecule has 134 valence electrons. The first-order chi connectivity index (χ1) is 12.0. The fourth-order valence-electron chi connectivity index (χ4n) is 1.99. The van der Waals surface area contributed by atoms with Gasteiger partial charge in [-0.3, -0.25) is 20.4 Å². The van der Waals surface area contributed by atoms with Crippen molar-refractivity contribution in [3.8, 4) is 10.4 Å². The van der Waals surface area contributed by atoms with Crippen LogP contribution in [0.5, 0.6) is 0 Å². The second kappa shape index (κ2) is 9.58. The lowest BCUT2D eigenvalue weighted by Crippen LogP contribution is -2.44. The molecule has 0 radical (unpaired) electrons. The number of carbonyl (C=O) groups excluding carboxylic acids is 2. The molecule has 0 aliphatic heterocycles. The Hall–Kier alpha value is -1.86. The van der Waals surface area contributed by atoms with Gasteiger partial charge in [-0.2, -0.15) is 0 Å². The average molecular weight is 381 g/mol.